The number of aromatic nitrogens is 1. The van der Waals surface area contributed by atoms with E-state index in [1.807, 2.05) is 0 Å². The molecule has 1 aromatic heterocycles. The first-order valence-electron chi connectivity index (χ1n) is 11.2. The number of sulfonamides is 1. The van der Waals surface area contributed by atoms with Gasteiger partial charge in [-0.05, 0) is 29.8 Å². The Hall–Kier alpha value is -2.60. The van der Waals surface area contributed by atoms with Gasteiger partial charge in [-0.1, -0.05) is 12.1 Å². The molecule has 34 heavy (non-hydrogen) atoms. The standard InChI is InChI=1S/C23H26FN3O6S/c1-34(31,32)27-19-12-26-18(7-6-16(22(26)29)14-2-4-15(24)5-3-14)21(27)20(17(19)13-28)23(30)25-8-10-33-11-9-25/h2-7,17,19-21,28H,8-13H2,1H3/t17-,19-,20+,21+/m0/s1. The molecule has 0 saturated carbocycles. The summed E-state index contributed by atoms with van der Waals surface area (Å²) >= 11 is 0. The minimum Gasteiger partial charge on any atom is -0.396 e. The topological polar surface area (TPSA) is 109 Å². The van der Waals surface area contributed by atoms with E-state index < -0.39 is 39.8 Å². The van der Waals surface area contributed by atoms with Gasteiger partial charge in [0.05, 0.1) is 31.4 Å². The van der Waals surface area contributed by atoms with E-state index in [1.165, 1.54) is 33.1 Å². The number of aliphatic hydroxyl groups excluding tert-OH is 1. The summed E-state index contributed by atoms with van der Waals surface area (Å²) in [6.07, 6.45) is 1.09. The number of ether oxygens (including phenoxy) is 1. The van der Waals surface area contributed by atoms with E-state index in [9.17, 15) is 27.5 Å². The predicted molar refractivity (Wildman–Crippen MR) is 121 cm³/mol. The number of pyridine rings is 1. The van der Waals surface area contributed by atoms with Gasteiger partial charge in [-0.3, -0.25) is 9.59 Å². The van der Waals surface area contributed by atoms with Crippen LogP contribution in [-0.4, -0.2) is 78.4 Å². The second kappa shape index (κ2) is 8.56. The van der Waals surface area contributed by atoms with Crippen molar-refractivity contribution in [3.05, 3.63) is 58.3 Å². The highest BCUT2D eigenvalue weighted by atomic mass is 32.2. The fourth-order valence-electron chi connectivity index (χ4n) is 5.63. The highest BCUT2D eigenvalue weighted by Gasteiger charge is 2.59. The van der Waals surface area contributed by atoms with E-state index in [0.717, 1.165) is 6.26 Å². The molecule has 9 nitrogen and oxygen atoms in total. The first kappa shape index (κ1) is 23.2. The fraction of sp³-hybridized carbons (Fsp3) is 0.478. The van der Waals surface area contributed by atoms with Crippen molar-refractivity contribution >= 4 is 15.9 Å². The number of hydrogen-bond donors (Lipinski definition) is 1. The molecule has 4 heterocycles. The molecule has 5 rings (SSSR count). The lowest BCUT2D eigenvalue weighted by Gasteiger charge is -2.37. The van der Waals surface area contributed by atoms with Crippen molar-refractivity contribution in [2.24, 2.45) is 11.8 Å². The number of carbonyl (C=O) groups excluding carboxylic acids is 1. The average molecular weight is 492 g/mol. The van der Waals surface area contributed by atoms with Crippen molar-refractivity contribution in [2.45, 2.75) is 18.6 Å². The minimum absolute atomic E-state index is 0.0187. The van der Waals surface area contributed by atoms with Gasteiger partial charge in [-0.25, -0.2) is 12.8 Å². The van der Waals surface area contributed by atoms with Crippen molar-refractivity contribution in [1.29, 1.82) is 0 Å². The summed E-state index contributed by atoms with van der Waals surface area (Å²) in [7, 11) is -3.75. The predicted octanol–water partition coefficient (Wildman–Crippen LogP) is 0.436. The molecule has 2 aromatic rings. The minimum atomic E-state index is -3.75. The van der Waals surface area contributed by atoms with E-state index in [0.29, 0.717) is 43.1 Å². The Morgan fingerprint density at radius 2 is 1.82 bits per heavy atom. The Balaban J connectivity index is 1.64. The van der Waals surface area contributed by atoms with Crippen LogP contribution in [0.25, 0.3) is 11.1 Å². The lowest BCUT2D eigenvalue weighted by atomic mass is 9.86. The van der Waals surface area contributed by atoms with Gasteiger partial charge in [-0.2, -0.15) is 4.31 Å². The number of aliphatic hydroxyl groups is 1. The van der Waals surface area contributed by atoms with E-state index in [4.69, 9.17) is 4.74 Å². The molecular weight excluding hydrogens is 465 g/mol. The molecule has 2 bridgehead atoms. The van der Waals surface area contributed by atoms with E-state index in [1.54, 1.807) is 17.0 Å². The largest absolute Gasteiger partial charge is 0.396 e. The molecular formula is C23H26FN3O6S. The van der Waals surface area contributed by atoms with E-state index in [-0.39, 0.29) is 24.6 Å². The van der Waals surface area contributed by atoms with Crippen LogP contribution < -0.4 is 5.56 Å². The highest BCUT2D eigenvalue weighted by Crippen LogP contribution is 2.50. The summed E-state index contributed by atoms with van der Waals surface area (Å²) in [4.78, 5) is 28.7. The average Bonchev–Trinajstić information content (AvgIpc) is 3.08. The summed E-state index contributed by atoms with van der Waals surface area (Å²) in [6, 6.07) is 7.18. The molecule has 3 aliphatic rings. The molecule has 1 N–H and O–H groups in total. The van der Waals surface area contributed by atoms with Gasteiger partial charge in [0.2, 0.25) is 15.9 Å². The Kier molecular flexibility index (Phi) is 5.83. The third-order valence-corrected chi connectivity index (χ3v) is 8.40. The maximum Gasteiger partial charge on any atom is 0.258 e. The van der Waals surface area contributed by atoms with Crippen molar-refractivity contribution in [3.63, 3.8) is 0 Å². The zero-order chi connectivity index (χ0) is 24.2. The molecule has 0 unspecified atom stereocenters. The third kappa shape index (κ3) is 3.67. The first-order valence-corrected chi connectivity index (χ1v) is 13.0. The van der Waals surface area contributed by atoms with Gasteiger partial charge in [0.1, 0.15) is 5.82 Å². The van der Waals surface area contributed by atoms with Gasteiger partial charge in [0.15, 0.2) is 0 Å². The number of amides is 1. The fourth-order valence-corrected chi connectivity index (χ4v) is 7.00. The lowest BCUT2D eigenvalue weighted by molar-refractivity contribution is -0.142. The van der Waals surface area contributed by atoms with Gasteiger partial charge in [-0.15, -0.1) is 0 Å². The number of hydrogen-bond acceptors (Lipinski definition) is 6. The highest BCUT2D eigenvalue weighted by molar-refractivity contribution is 7.88. The van der Waals surface area contributed by atoms with Crippen LogP contribution in [0, 0.1) is 17.7 Å². The molecule has 2 fully saturated rings. The zero-order valence-corrected chi connectivity index (χ0v) is 19.4. The quantitative estimate of drug-likeness (QED) is 0.665. The molecule has 3 aliphatic heterocycles. The van der Waals surface area contributed by atoms with Crippen LogP contribution >= 0.6 is 0 Å². The SMILES string of the molecule is CS(=O)(=O)N1[C@@H]2c3ccc(-c4ccc(F)cc4)c(=O)n3C[C@H]1[C@H](CO)[C@H]2C(=O)N1CCOCC1. The van der Waals surface area contributed by atoms with Crippen molar-refractivity contribution < 1.29 is 27.4 Å². The number of nitrogens with zero attached hydrogens (tertiary/aromatic N) is 3. The van der Waals surface area contributed by atoms with Crippen molar-refractivity contribution in [2.75, 3.05) is 39.2 Å². The number of benzene rings is 1. The number of carbonyl (C=O) groups is 1. The molecule has 0 radical (unpaired) electrons. The normalized spacial score (nSPS) is 27.0. The second-order valence-corrected chi connectivity index (χ2v) is 10.9. The summed E-state index contributed by atoms with van der Waals surface area (Å²) in [5, 5.41) is 10.3. The van der Waals surface area contributed by atoms with Crippen LogP contribution in [-0.2, 0) is 26.1 Å². The molecule has 1 amide bonds. The smallest absolute Gasteiger partial charge is 0.258 e. The van der Waals surface area contributed by atoms with Gasteiger partial charge >= 0.3 is 0 Å². The molecule has 2 saturated heterocycles. The number of halogens is 1. The number of rotatable bonds is 4. The third-order valence-electron chi connectivity index (χ3n) is 7.13. The Morgan fingerprint density at radius 1 is 1.15 bits per heavy atom. The number of morpholine rings is 1. The van der Waals surface area contributed by atoms with Gasteiger partial charge < -0.3 is 19.3 Å². The molecule has 4 atom stereocenters. The van der Waals surface area contributed by atoms with Crippen molar-refractivity contribution in [3.8, 4) is 11.1 Å². The van der Waals surface area contributed by atoms with Crippen molar-refractivity contribution in [1.82, 2.24) is 13.8 Å². The number of fused-ring (bicyclic) bond motifs is 4. The molecule has 11 heteroatoms. The lowest BCUT2D eigenvalue weighted by Crippen LogP contribution is -2.49. The zero-order valence-electron chi connectivity index (χ0n) is 18.6. The Labute approximate surface area is 196 Å². The first-order chi connectivity index (χ1) is 16.2. The van der Waals surface area contributed by atoms with Crippen LogP contribution in [0.5, 0.6) is 0 Å². The van der Waals surface area contributed by atoms with E-state index >= 15 is 0 Å². The molecule has 0 aliphatic carbocycles. The maximum atomic E-state index is 13.6. The summed E-state index contributed by atoms with van der Waals surface area (Å²) in [5.41, 5.74) is 0.968. The van der Waals surface area contributed by atoms with Crippen LogP contribution in [0.3, 0.4) is 0 Å². The second-order valence-electron chi connectivity index (χ2n) is 9.01. The molecule has 0 spiro atoms. The molecule has 182 valence electrons. The monoisotopic (exact) mass is 491 g/mol. The van der Waals surface area contributed by atoms with Crippen LogP contribution in [0.4, 0.5) is 4.39 Å². The maximum absolute atomic E-state index is 13.6. The summed E-state index contributed by atoms with van der Waals surface area (Å²) in [5.74, 6) is -2.15. The van der Waals surface area contributed by atoms with Gasteiger partial charge in [0, 0.05) is 49.5 Å². The Bertz CT molecular complexity index is 1270. The van der Waals surface area contributed by atoms with Crippen LogP contribution in [0.2, 0.25) is 0 Å². The summed E-state index contributed by atoms with van der Waals surface area (Å²) < 4.78 is 47.2. The molecule has 1 aromatic carbocycles. The van der Waals surface area contributed by atoms with E-state index in [2.05, 4.69) is 0 Å². The van der Waals surface area contributed by atoms with Crippen LogP contribution in [0.15, 0.2) is 41.2 Å². The van der Waals surface area contributed by atoms with Gasteiger partial charge in [0.25, 0.3) is 5.56 Å². The van der Waals surface area contributed by atoms with Crippen LogP contribution in [0.1, 0.15) is 11.7 Å². The summed E-state index contributed by atoms with van der Waals surface area (Å²) in [6.45, 7) is 1.19. The Morgan fingerprint density at radius 3 is 2.44 bits per heavy atom.